The summed E-state index contributed by atoms with van der Waals surface area (Å²) in [6.45, 7) is 9.37. The van der Waals surface area contributed by atoms with Crippen molar-refractivity contribution in [1.82, 2.24) is 9.91 Å². The summed E-state index contributed by atoms with van der Waals surface area (Å²) in [5.41, 5.74) is 7.38. The smallest absolute Gasteiger partial charge is 0.257 e. The summed E-state index contributed by atoms with van der Waals surface area (Å²) in [7, 11) is 0. The number of benzene rings is 3. The van der Waals surface area contributed by atoms with Gasteiger partial charge < -0.3 is 4.90 Å². The van der Waals surface area contributed by atoms with E-state index < -0.39 is 0 Å². The SMILES string of the molecule is Cc1ccc(C2=NN(C(=O)CN3CCN(c4ccccc4F)CC3)[C@@H](c3ccccc3C)C2)c(C)c1. The summed E-state index contributed by atoms with van der Waals surface area (Å²) >= 11 is 0. The third-order valence-electron chi connectivity index (χ3n) is 7.33. The molecule has 5 rings (SSSR count). The number of carbonyl (C=O) groups is 1. The third kappa shape index (κ3) is 4.91. The fourth-order valence-electron chi connectivity index (χ4n) is 5.36. The quantitative estimate of drug-likeness (QED) is 0.497. The van der Waals surface area contributed by atoms with Gasteiger partial charge in [-0.1, -0.05) is 60.2 Å². The Morgan fingerprint density at radius 1 is 0.917 bits per heavy atom. The first kappa shape index (κ1) is 24.2. The molecule has 2 aliphatic rings. The highest BCUT2D eigenvalue weighted by Gasteiger charge is 2.35. The minimum absolute atomic E-state index is 0.00218. The van der Waals surface area contributed by atoms with Crippen molar-refractivity contribution in [3.8, 4) is 0 Å². The molecule has 186 valence electrons. The normalized spacial score (nSPS) is 18.4. The Morgan fingerprint density at radius 3 is 2.36 bits per heavy atom. The predicted molar refractivity (Wildman–Crippen MR) is 143 cm³/mol. The molecule has 0 aromatic heterocycles. The molecule has 5 nitrogen and oxygen atoms in total. The van der Waals surface area contributed by atoms with Crippen molar-refractivity contribution in [3.05, 3.63) is 100 Å². The summed E-state index contributed by atoms with van der Waals surface area (Å²) in [5.74, 6) is -0.198. The first-order chi connectivity index (χ1) is 17.4. The number of piperazine rings is 1. The van der Waals surface area contributed by atoms with E-state index >= 15 is 0 Å². The summed E-state index contributed by atoms with van der Waals surface area (Å²) in [4.78, 5) is 17.8. The zero-order chi connectivity index (χ0) is 25.2. The van der Waals surface area contributed by atoms with Gasteiger partial charge in [-0.3, -0.25) is 9.69 Å². The standard InChI is InChI=1S/C30H33FN4O/c1-21-12-13-24(23(3)18-21)27-19-29(25-9-5-4-8-22(25)2)35(32-27)30(36)20-33-14-16-34(17-15-33)28-11-7-6-10-26(28)31/h4-13,18,29H,14-17,19-20H2,1-3H3/t29-/m1/s1. The number of hydrazone groups is 1. The van der Waals surface area contributed by atoms with Gasteiger partial charge in [0.2, 0.25) is 0 Å². The highest BCUT2D eigenvalue weighted by atomic mass is 19.1. The molecule has 0 N–H and O–H groups in total. The maximum atomic E-state index is 14.2. The average Bonchev–Trinajstić information content (AvgIpc) is 3.30. The maximum Gasteiger partial charge on any atom is 0.257 e. The second-order valence-electron chi connectivity index (χ2n) is 9.89. The van der Waals surface area contributed by atoms with E-state index in [0.717, 1.165) is 22.4 Å². The number of hydrogen-bond acceptors (Lipinski definition) is 4. The topological polar surface area (TPSA) is 39.2 Å². The van der Waals surface area contributed by atoms with Gasteiger partial charge in [0.25, 0.3) is 5.91 Å². The van der Waals surface area contributed by atoms with Crippen LogP contribution in [0.3, 0.4) is 0 Å². The van der Waals surface area contributed by atoms with Crippen LogP contribution in [0.5, 0.6) is 0 Å². The monoisotopic (exact) mass is 484 g/mol. The fourth-order valence-corrected chi connectivity index (χ4v) is 5.36. The zero-order valence-corrected chi connectivity index (χ0v) is 21.2. The summed E-state index contributed by atoms with van der Waals surface area (Å²) in [5, 5.41) is 6.61. The predicted octanol–water partition coefficient (Wildman–Crippen LogP) is 5.25. The molecule has 36 heavy (non-hydrogen) atoms. The lowest BCUT2D eigenvalue weighted by Gasteiger charge is -2.36. The Balaban J connectivity index is 1.34. The molecule has 0 radical (unpaired) electrons. The third-order valence-corrected chi connectivity index (χ3v) is 7.33. The Hall–Kier alpha value is -3.51. The average molecular weight is 485 g/mol. The van der Waals surface area contributed by atoms with E-state index in [1.807, 2.05) is 24.3 Å². The number of para-hydroxylation sites is 1. The summed E-state index contributed by atoms with van der Waals surface area (Å²) in [6, 6.07) is 21.4. The van der Waals surface area contributed by atoms with Crippen LogP contribution in [-0.2, 0) is 4.79 Å². The van der Waals surface area contributed by atoms with Crippen LogP contribution in [0.4, 0.5) is 10.1 Å². The minimum Gasteiger partial charge on any atom is -0.367 e. The van der Waals surface area contributed by atoms with E-state index in [2.05, 4.69) is 60.9 Å². The van der Waals surface area contributed by atoms with Gasteiger partial charge in [-0.05, 0) is 49.6 Å². The second-order valence-corrected chi connectivity index (χ2v) is 9.89. The fraction of sp³-hybridized carbons (Fsp3) is 0.333. The molecule has 1 atom stereocenters. The summed E-state index contributed by atoms with van der Waals surface area (Å²) < 4.78 is 14.2. The molecule has 6 heteroatoms. The van der Waals surface area contributed by atoms with Gasteiger partial charge in [-0.2, -0.15) is 5.10 Å². The lowest BCUT2D eigenvalue weighted by molar-refractivity contribution is -0.134. The van der Waals surface area contributed by atoms with Gasteiger partial charge >= 0.3 is 0 Å². The van der Waals surface area contributed by atoms with Crippen LogP contribution in [-0.4, -0.2) is 54.3 Å². The maximum absolute atomic E-state index is 14.2. The Morgan fingerprint density at radius 2 is 1.64 bits per heavy atom. The van der Waals surface area contributed by atoms with Gasteiger partial charge in [0, 0.05) is 38.2 Å². The summed E-state index contributed by atoms with van der Waals surface area (Å²) in [6.07, 6.45) is 0.696. The van der Waals surface area contributed by atoms with Gasteiger partial charge in [0.05, 0.1) is 24.0 Å². The van der Waals surface area contributed by atoms with Gasteiger partial charge in [-0.25, -0.2) is 9.40 Å². The molecule has 1 fully saturated rings. The molecule has 0 bridgehead atoms. The molecule has 2 aliphatic heterocycles. The minimum atomic E-state index is -0.201. The number of nitrogens with zero attached hydrogens (tertiary/aromatic N) is 4. The molecule has 1 amide bonds. The van der Waals surface area contributed by atoms with Crippen LogP contribution in [0, 0.1) is 26.6 Å². The van der Waals surface area contributed by atoms with Crippen molar-refractivity contribution in [2.45, 2.75) is 33.2 Å². The Kier molecular flexibility index (Phi) is 6.88. The van der Waals surface area contributed by atoms with Crippen molar-refractivity contribution in [1.29, 1.82) is 0 Å². The van der Waals surface area contributed by atoms with E-state index in [1.165, 1.54) is 17.2 Å². The molecule has 0 unspecified atom stereocenters. The van der Waals surface area contributed by atoms with Crippen LogP contribution < -0.4 is 4.90 Å². The second kappa shape index (κ2) is 10.2. The number of amides is 1. The van der Waals surface area contributed by atoms with E-state index in [-0.39, 0.29) is 17.8 Å². The van der Waals surface area contributed by atoms with Crippen molar-refractivity contribution < 1.29 is 9.18 Å². The molecule has 0 aliphatic carbocycles. The molecule has 3 aromatic rings. The molecular weight excluding hydrogens is 451 g/mol. The van der Waals surface area contributed by atoms with Crippen molar-refractivity contribution in [3.63, 3.8) is 0 Å². The van der Waals surface area contributed by atoms with Gasteiger partial charge in [-0.15, -0.1) is 0 Å². The molecule has 3 aromatic carbocycles. The number of anilines is 1. The van der Waals surface area contributed by atoms with Crippen molar-refractivity contribution >= 4 is 17.3 Å². The Labute approximate surface area is 212 Å². The van der Waals surface area contributed by atoms with Crippen LogP contribution >= 0.6 is 0 Å². The lowest BCUT2D eigenvalue weighted by Crippen LogP contribution is -2.49. The highest BCUT2D eigenvalue weighted by Crippen LogP contribution is 2.35. The van der Waals surface area contributed by atoms with E-state index in [0.29, 0.717) is 44.8 Å². The largest absolute Gasteiger partial charge is 0.367 e. The van der Waals surface area contributed by atoms with E-state index in [1.54, 1.807) is 11.1 Å². The number of carbonyl (C=O) groups excluding carboxylic acids is 1. The molecule has 2 heterocycles. The van der Waals surface area contributed by atoms with Crippen molar-refractivity contribution in [2.24, 2.45) is 5.10 Å². The molecule has 1 saturated heterocycles. The number of rotatable bonds is 5. The van der Waals surface area contributed by atoms with Crippen molar-refractivity contribution in [2.75, 3.05) is 37.6 Å². The molecule has 0 saturated carbocycles. The number of aryl methyl sites for hydroxylation is 3. The number of hydrogen-bond donors (Lipinski definition) is 0. The number of halogens is 1. The van der Waals surface area contributed by atoms with Crippen LogP contribution in [0.2, 0.25) is 0 Å². The molecule has 0 spiro atoms. The van der Waals surface area contributed by atoms with Gasteiger partial charge in [0.15, 0.2) is 0 Å². The van der Waals surface area contributed by atoms with Crippen LogP contribution in [0.25, 0.3) is 0 Å². The first-order valence-electron chi connectivity index (χ1n) is 12.7. The molecular formula is C30H33FN4O. The van der Waals surface area contributed by atoms with Gasteiger partial charge in [0.1, 0.15) is 5.82 Å². The van der Waals surface area contributed by atoms with Crippen LogP contribution in [0.1, 0.15) is 40.3 Å². The first-order valence-corrected chi connectivity index (χ1v) is 12.7. The Bertz CT molecular complexity index is 1300. The van der Waals surface area contributed by atoms with E-state index in [9.17, 15) is 9.18 Å². The zero-order valence-electron chi connectivity index (χ0n) is 21.2. The lowest BCUT2D eigenvalue weighted by atomic mass is 9.93. The van der Waals surface area contributed by atoms with Crippen LogP contribution in [0.15, 0.2) is 71.8 Å². The highest BCUT2D eigenvalue weighted by molar-refractivity contribution is 6.04. The van der Waals surface area contributed by atoms with E-state index in [4.69, 9.17) is 5.10 Å².